The van der Waals surface area contributed by atoms with E-state index in [4.69, 9.17) is 21.5 Å². The molecule has 1 amide bonds. The predicted octanol–water partition coefficient (Wildman–Crippen LogP) is 1.16. The number of aromatic nitrogens is 1. The van der Waals surface area contributed by atoms with Crippen molar-refractivity contribution in [2.75, 3.05) is 39.3 Å². The number of amides is 1. The van der Waals surface area contributed by atoms with E-state index in [0.29, 0.717) is 30.4 Å². The Kier molecular flexibility index (Phi) is 6.29. The van der Waals surface area contributed by atoms with Crippen LogP contribution in [0.25, 0.3) is 0 Å². The number of piperazine rings is 1. The molecular weight excluding hydrogens is 404 g/mol. The number of ether oxygens (including phenoxy) is 1. The summed E-state index contributed by atoms with van der Waals surface area (Å²) in [4.78, 5) is 16.6. The fourth-order valence-corrected chi connectivity index (χ4v) is 3.77. The van der Waals surface area contributed by atoms with E-state index >= 15 is 0 Å². The number of hydrogen-bond donors (Lipinski definition) is 1. The van der Waals surface area contributed by atoms with E-state index < -0.39 is 10.0 Å². The number of rotatable bonds is 6. The largest absolute Gasteiger partial charge is 0.492 e. The third-order valence-electron chi connectivity index (χ3n) is 4.68. The quantitative estimate of drug-likeness (QED) is 0.747. The molecule has 0 atom stereocenters. The third kappa shape index (κ3) is 5.05. The van der Waals surface area contributed by atoms with Crippen molar-refractivity contribution in [3.05, 3.63) is 47.2 Å². The Hall–Kier alpha value is -2.07. The number of benzene rings is 1. The molecule has 0 aliphatic carbocycles. The van der Waals surface area contributed by atoms with Gasteiger partial charge >= 0.3 is 0 Å². The fourth-order valence-electron chi connectivity index (χ4n) is 3.06. The van der Waals surface area contributed by atoms with Crippen LogP contribution in [0.2, 0.25) is 5.02 Å². The molecule has 28 heavy (non-hydrogen) atoms. The van der Waals surface area contributed by atoms with Crippen molar-refractivity contribution >= 4 is 27.5 Å². The number of halogens is 1. The topological polar surface area (TPSA) is 97.9 Å². The molecule has 0 spiro atoms. The molecule has 2 heterocycles. The van der Waals surface area contributed by atoms with Crippen LogP contribution in [0, 0.1) is 0 Å². The zero-order valence-electron chi connectivity index (χ0n) is 15.5. The Morgan fingerprint density at radius 3 is 2.39 bits per heavy atom. The maximum atomic E-state index is 12.7. The zero-order valence-corrected chi connectivity index (χ0v) is 17.1. The second-order valence-electron chi connectivity index (χ2n) is 6.65. The van der Waals surface area contributed by atoms with E-state index in [0.717, 1.165) is 25.4 Å². The summed E-state index contributed by atoms with van der Waals surface area (Å²) in [5.41, 5.74) is 0.309. The minimum absolute atomic E-state index is 0.0589. The first kappa shape index (κ1) is 20.7. The maximum Gasteiger partial charge on any atom is 0.270 e. The van der Waals surface area contributed by atoms with Crippen molar-refractivity contribution in [1.29, 1.82) is 0 Å². The SMILES string of the molecule is Cn1cc(S(N)(=O)=O)cc1C(=O)N1CCN(CCOc2ccc(Cl)cc2)CC1. The highest BCUT2D eigenvalue weighted by Crippen LogP contribution is 2.17. The van der Waals surface area contributed by atoms with Gasteiger partial charge in [-0.2, -0.15) is 0 Å². The molecule has 1 saturated heterocycles. The standard InChI is InChI=1S/C18H23ClN4O4S/c1-21-13-16(28(20,25)26)12-17(21)18(24)23-8-6-22(7-9-23)10-11-27-15-4-2-14(19)3-5-15/h2-5,12-13H,6-11H2,1H3,(H2,20,25,26). The molecule has 1 aromatic carbocycles. The summed E-state index contributed by atoms with van der Waals surface area (Å²) in [5, 5.41) is 5.81. The summed E-state index contributed by atoms with van der Waals surface area (Å²) >= 11 is 5.85. The molecule has 8 nitrogen and oxygen atoms in total. The van der Waals surface area contributed by atoms with Crippen molar-refractivity contribution < 1.29 is 17.9 Å². The highest BCUT2D eigenvalue weighted by Gasteiger charge is 2.25. The zero-order chi connectivity index (χ0) is 20.3. The van der Waals surface area contributed by atoms with Crippen molar-refractivity contribution in [3.63, 3.8) is 0 Å². The lowest BCUT2D eigenvalue weighted by Crippen LogP contribution is -2.49. The van der Waals surface area contributed by atoms with Gasteiger partial charge in [0, 0.05) is 51.0 Å². The van der Waals surface area contributed by atoms with Crippen molar-refractivity contribution in [3.8, 4) is 5.75 Å². The minimum atomic E-state index is -3.83. The molecule has 152 valence electrons. The Morgan fingerprint density at radius 2 is 1.82 bits per heavy atom. The number of nitrogens with zero attached hydrogens (tertiary/aromatic N) is 3. The first-order valence-electron chi connectivity index (χ1n) is 8.83. The van der Waals surface area contributed by atoms with Crippen molar-refractivity contribution in [2.45, 2.75) is 4.90 Å². The Balaban J connectivity index is 1.49. The lowest BCUT2D eigenvalue weighted by molar-refractivity contribution is 0.0611. The van der Waals surface area contributed by atoms with Crippen LogP contribution in [0.5, 0.6) is 5.75 Å². The molecule has 10 heteroatoms. The van der Waals surface area contributed by atoms with Gasteiger partial charge in [0.15, 0.2) is 0 Å². The van der Waals surface area contributed by atoms with Gasteiger partial charge in [0.25, 0.3) is 5.91 Å². The highest BCUT2D eigenvalue weighted by atomic mass is 35.5. The van der Waals surface area contributed by atoms with Gasteiger partial charge in [0.05, 0.1) is 0 Å². The second kappa shape index (κ2) is 8.52. The minimum Gasteiger partial charge on any atom is -0.492 e. The van der Waals surface area contributed by atoms with E-state index in [1.165, 1.54) is 16.8 Å². The van der Waals surface area contributed by atoms with Crippen LogP contribution in [0.1, 0.15) is 10.5 Å². The van der Waals surface area contributed by atoms with Crippen LogP contribution < -0.4 is 9.88 Å². The second-order valence-corrected chi connectivity index (χ2v) is 8.65. The number of aryl methyl sites for hydroxylation is 1. The normalized spacial score (nSPS) is 15.6. The number of nitrogens with two attached hydrogens (primary N) is 1. The average molecular weight is 427 g/mol. The number of carbonyl (C=O) groups excluding carboxylic acids is 1. The highest BCUT2D eigenvalue weighted by molar-refractivity contribution is 7.89. The van der Waals surface area contributed by atoms with Gasteiger partial charge in [-0.15, -0.1) is 0 Å². The number of carbonyl (C=O) groups is 1. The first-order valence-corrected chi connectivity index (χ1v) is 10.8. The molecule has 2 N–H and O–H groups in total. The summed E-state index contributed by atoms with van der Waals surface area (Å²) in [6.45, 7) is 3.88. The number of primary sulfonamides is 1. The third-order valence-corrected chi connectivity index (χ3v) is 5.81. The summed E-state index contributed by atoms with van der Waals surface area (Å²) in [6.07, 6.45) is 1.35. The summed E-state index contributed by atoms with van der Waals surface area (Å²) in [6, 6.07) is 8.55. The van der Waals surface area contributed by atoms with Gasteiger partial charge in [0.2, 0.25) is 10.0 Å². The van der Waals surface area contributed by atoms with E-state index in [1.807, 2.05) is 12.1 Å². The Morgan fingerprint density at radius 1 is 1.18 bits per heavy atom. The number of hydrogen-bond acceptors (Lipinski definition) is 5. The molecule has 3 rings (SSSR count). The lowest BCUT2D eigenvalue weighted by atomic mass is 10.2. The molecule has 1 aromatic heterocycles. The van der Waals surface area contributed by atoms with Crippen LogP contribution in [0.4, 0.5) is 0 Å². The van der Waals surface area contributed by atoms with Crippen molar-refractivity contribution in [1.82, 2.24) is 14.4 Å². The van der Waals surface area contributed by atoms with E-state index in [-0.39, 0.29) is 10.8 Å². The van der Waals surface area contributed by atoms with Gasteiger partial charge in [-0.25, -0.2) is 13.6 Å². The van der Waals surface area contributed by atoms with Gasteiger partial charge < -0.3 is 14.2 Å². The van der Waals surface area contributed by atoms with Gasteiger partial charge in [-0.05, 0) is 30.3 Å². The van der Waals surface area contributed by atoms with Gasteiger partial charge in [0.1, 0.15) is 22.9 Å². The van der Waals surface area contributed by atoms with Crippen LogP contribution >= 0.6 is 11.6 Å². The average Bonchev–Trinajstić information content (AvgIpc) is 3.05. The Bertz CT molecular complexity index is 935. The van der Waals surface area contributed by atoms with Crippen LogP contribution in [0.15, 0.2) is 41.4 Å². The fraction of sp³-hybridized carbons (Fsp3) is 0.389. The summed E-state index contributed by atoms with van der Waals surface area (Å²) in [5.74, 6) is 0.571. The van der Waals surface area contributed by atoms with E-state index in [2.05, 4.69) is 4.90 Å². The molecule has 0 radical (unpaired) electrons. The first-order chi connectivity index (χ1) is 13.2. The maximum absolute atomic E-state index is 12.7. The smallest absolute Gasteiger partial charge is 0.270 e. The van der Waals surface area contributed by atoms with Gasteiger partial charge in [-0.1, -0.05) is 11.6 Å². The van der Waals surface area contributed by atoms with E-state index in [9.17, 15) is 13.2 Å². The molecule has 0 unspecified atom stereocenters. The predicted molar refractivity (Wildman–Crippen MR) is 106 cm³/mol. The summed E-state index contributed by atoms with van der Waals surface area (Å²) < 4.78 is 30.1. The molecule has 1 aliphatic rings. The number of sulfonamides is 1. The lowest BCUT2D eigenvalue weighted by Gasteiger charge is -2.34. The summed E-state index contributed by atoms with van der Waals surface area (Å²) in [7, 11) is -2.20. The molecule has 1 fully saturated rings. The molecular formula is C18H23ClN4O4S. The monoisotopic (exact) mass is 426 g/mol. The van der Waals surface area contributed by atoms with Gasteiger partial charge in [-0.3, -0.25) is 9.69 Å². The Labute approximate surface area is 169 Å². The van der Waals surface area contributed by atoms with E-state index in [1.54, 1.807) is 24.1 Å². The molecule has 0 saturated carbocycles. The van der Waals surface area contributed by atoms with Crippen LogP contribution in [0.3, 0.4) is 0 Å². The van der Waals surface area contributed by atoms with Crippen LogP contribution in [-0.2, 0) is 17.1 Å². The molecule has 2 aromatic rings. The van der Waals surface area contributed by atoms with Crippen molar-refractivity contribution in [2.24, 2.45) is 12.2 Å². The van der Waals surface area contributed by atoms with Crippen LogP contribution in [-0.4, -0.2) is 68.0 Å². The molecule has 1 aliphatic heterocycles. The molecule has 0 bridgehead atoms.